The maximum absolute atomic E-state index is 13.9. The zero-order valence-electron chi connectivity index (χ0n) is 16.3. The Kier molecular flexibility index (Phi) is 5.09. The molecule has 29 heavy (non-hydrogen) atoms. The molecule has 1 unspecified atom stereocenters. The molecule has 0 spiro atoms. The second-order valence-corrected chi connectivity index (χ2v) is 7.42. The summed E-state index contributed by atoms with van der Waals surface area (Å²) < 4.78 is 15.7. The first-order valence-corrected chi connectivity index (χ1v) is 9.87. The maximum atomic E-state index is 13.9. The number of carbonyl (C=O) groups is 2. The van der Waals surface area contributed by atoms with Crippen LogP contribution >= 0.6 is 0 Å². The van der Waals surface area contributed by atoms with E-state index in [0.717, 1.165) is 16.9 Å². The lowest BCUT2D eigenvalue weighted by Crippen LogP contribution is -2.38. The standard InChI is InChI=1S/C23H23FN2O3/c1-2-25(17-6-4-3-5-7-17)23(29)15-8-10-20-18(12-15)19-13-16(24)9-11-21(19)26(20)14-22(27)28/h3-7,9,11,13,15H,2,8,10,12,14H2,1H3,(H,27,28). The van der Waals surface area contributed by atoms with Gasteiger partial charge in [-0.3, -0.25) is 9.59 Å². The van der Waals surface area contributed by atoms with Crippen LogP contribution in [0.15, 0.2) is 48.5 Å². The fourth-order valence-electron chi connectivity index (χ4n) is 4.44. The Morgan fingerprint density at radius 3 is 2.66 bits per heavy atom. The number of fused-ring (bicyclic) bond motifs is 3. The molecular weight excluding hydrogens is 371 g/mol. The summed E-state index contributed by atoms with van der Waals surface area (Å²) in [4.78, 5) is 26.4. The van der Waals surface area contributed by atoms with Gasteiger partial charge in [-0.1, -0.05) is 18.2 Å². The third kappa shape index (κ3) is 3.50. The molecule has 0 fully saturated rings. The molecular formula is C23H23FN2O3. The summed E-state index contributed by atoms with van der Waals surface area (Å²) in [5.41, 5.74) is 3.38. The number of hydrogen-bond donors (Lipinski definition) is 1. The van der Waals surface area contributed by atoms with Crippen molar-refractivity contribution in [2.45, 2.75) is 32.7 Å². The Morgan fingerprint density at radius 1 is 1.21 bits per heavy atom. The second-order valence-electron chi connectivity index (χ2n) is 7.42. The highest BCUT2D eigenvalue weighted by Gasteiger charge is 2.32. The molecule has 1 aromatic heterocycles. The highest BCUT2D eigenvalue weighted by molar-refractivity contribution is 5.96. The van der Waals surface area contributed by atoms with Gasteiger partial charge in [0.2, 0.25) is 5.91 Å². The molecule has 3 aromatic rings. The summed E-state index contributed by atoms with van der Waals surface area (Å²) in [7, 11) is 0. The van der Waals surface area contributed by atoms with Gasteiger partial charge in [-0.05, 0) is 62.1 Å². The van der Waals surface area contributed by atoms with Crippen molar-refractivity contribution in [3.05, 3.63) is 65.6 Å². The van der Waals surface area contributed by atoms with Crippen molar-refractivity contribution in [2.24, 2.45) is 5.92 Å². The fourth-order valence-corrected chi connectivity index (χ4v) is 4.44. The summed E-state index contributed by atoms with van der Waals surface area (Å²) in [6.07, 6.45) is 1.74. The van der Waals surface area contributed by atoms with Crippen LogP contribution in [0.5, 0.6) is 0 Å². The zero-order chi connectivity index (χ0) is 20.5. The molecule has 0 saturated carbocycles. The predicted octanol–water partition coefficient (Wildman–Crippen LogP) is 4.02. The lowest BCUT2D eigenvalue weighted by Gasteiger charge is -2.29. The van der Waals surface area contributed by atoms with Gasteiger partial charge in [-0.25, -0.2) is 4.39 Å². The maximum Gasteiger partial charge on any atom is 0.323 e. The van der Waals surface area contributed by atoms with E-state index in [4.69, 9.17) is 0 Å². The molecule has 1 aliphatic rings. The van der Waals surface area contributed by atoms with Crippen LogP contribution in [0.3, 0.4) is 0 Å². The molecule has 1 atom stereocenters. The average molecular weight is 394 g/mol. The number of nitrogens with zero attached hydrogens (tertiary/aromatic N) is 2. The first-order chi connectivity index (χ1) is 14.0. The Morgan fingerprint density at radius 2 is 1.97 bits per heavy atom. The normalized spacial score (nSPS) is 15.9. The van der Waals surface area contributed by atoms with Gasteiger partial charge >= 0.3 is 5.97 Å². The van der Waals surface area contributed by atoms with E-state index in [-0.39, 0.29) is 24.2 Å². The minimum atomic E-state index is -0.937. The number of aliphatic carboxylic acids is 1. The highest BCUT2D eigenvalue weighted by Crippen LogP contribution is 2.36. The minimum absolute atomic E-state index is 0.0555. The Balaban J connectivity index is 1.71. The van der Waals surface area contributed by atoms with Crippen molar-refractivity contribution in [3.63, 3.8) is 0 Å². The van der Waals surface area contributed by atoms with Gasteiger partial charge in [0.15, 0.2) is 0 Å². The van der Waals surface area contributed by atoms with Gasteiger partial charge in [0.1, 0.15) is 12.4 Å². The fraction of sp³-hybridized carbons (Fsp3) is 0.304. The monoisotopic (exact) mass is 394 g/mol. The van der Waals surface area contributed by atoms with Crippen molar-refractivity contribution >= 4 is 28.5 Å². The second kappa shape index (κ2) is 7.70. The number of hydrogen-bond acceptors (Lipinski definition) is 2. The van der Waals surface area contributed by atoms with Gasteiger partial charge in [0, 0.05) is 34.7 Å². The first kappa shape index (κ1) is 19.2. The third-order valence-corrected chi connectivity index (χ3v) is 5.72. The molecule has 0 saturated heterocycles. The van der Waals surface area contributed by atoms with Crippen LogP contribution in [0, 0.1) is 11.7 Å². The topological polar surface area (TPSA) is 62.5 Å². The van der Waals surface area contributed by atoms with Crippen LogP contribution in [0.2, 0.25) is 0 Å². The van der Waals surface area contributed by atoms with Crippen molar-refractivity contribution < 1.29 is 19.1 Å². The molecule has 6 heteroatoms. The van der Waals surface area contributed by atoms with Crippen molar-refractivity contribution in [1.29, 1.82) is 0 Å². The summed E-state index contributed by atoms with van der Waals surface area (Å²) in [5.74, 6) is -1.45. The van der Waals surface area contributed by atoms with Gasteiger partial charge < -0.3 is 14.6 Å². The molecule has 0 bridgehead atoms. The number of carbonyl (C=O) groups excluding carboxylic acids is 1. The number of benzene rings is 2. The summed E-state index contributed by atoms with van der Waals surface area (Å²) >= 11 is 0. The molecule has 1 N–H and O–H groups in total. The van der Waals surface area contributed by atoms with Crippen molar-refractivity contribution in [2.75, 3.05) is 11.4 Å². The first-order valence-electron chi connectivity index (χ1n) is 9.87. The number of halogens is 1. The quantitative estimate of drug-likeness (QED) is 0.711. The van der Waals surface area contributed by atoms with Crippen LogP contribution in [-0.2, 0) is 29.0 Å². The van der Waals surface area contributed by atoms with Gasteiger partial charge in [-0.2, -0.15) is 0 Å². The zero-order valence-corrected chi connectivity index (χ0v) is 16.3. The van der Waals surface area contributed by atoms with Crippen molar-refractivity contribution in [3.8, 4) is 0 Å². The molecule has 0 aliphatic heterocycles. The number of carboxylic acid groups (broad SMARTS) is 1. The number of rotatable bonds is 5. The third-order valence-electron chi connectivity index (χ3n) is 5.72. The Labute approximate surface area is 168 Å². The lowest BCUT2D eigenvalue weighted by molar-refractivity contribution is -0.137. The van der Waals surface area contributed by atoms with Crippen LogP contribution in [0.4, 0.5) is 10.1 Å². The molecule has 150 valence electrons. The van der Waals surface area contributed by atoms with E-state index < -0.39 is 5.97 Å². The lowest BCUT2D eigenvalue weighted by atomic mass is 9.85. The van der Waals surface area contributed by atoms with E-state index in [0.29, 0.717) is 36.7 Å². The number of anilines is 1. The van der Waals surface area contributed by atoms with Gasteiger partial charge in [0.25, 0.3) is 0 Å². The SMILES string of the molecule is CCN(C(=O)C1CCc2c(c3cc(F)ccc3n2CC(=O)O)C1)c1ccccc1. The van der Waals surface area contributed by atoms with Crippen molar-refractivity contribution in [1.82, 2.24) is 4.57 Å². The van der Waals surface area contributed by atoms with Gasteiger partial charge in [0.05, 0.1) is 0 Å². The smallest absolute Gasteiger partial charge is 0.323 e. The molecule has 4 rings (SSSR count). The Hall–Kier alpha value is -3.15. The number of para-hydroxylation sites is 1. The van der Waals surface area contributed by atoms with E-state index in [1.807, 2.05) is 37.3 Å². The van der Waals surface area contributed by atoms with E-state index in [1.165, 1.54) is 12.1 Å². The number of amides is 1. The molecule has 1 aliphatic carbocycles. The molecule has 5 nitrogen and oxygen atoms in total. The average Bonchev–Trinajstić information content (AvgIpc) is 3.01. The van der Waals surface area contributed by atoms with E-state index in [1.54, 1.807) is 15.5 Å². The van der Waals surface area contributed by atoms with Crippen LogP contribution in [-0.4, -0.2) is 28.1 Å². The summed E-state index contributed by atoms with van der Waals surface area (Å²) in [6.45, 7) is 2.36. The van der Waals surface area contributed by atoms with Gasteiger partial charge in [-0.15, -0.1) is 0 Å². The largest absolute Gasteiger partial charge is 0.480 e. The summed E-state index contributed by atoms with van der Waals surface area (Å²) in [6, 6.07) is 14.0. The predicted molar refractivity (Wildman–Crippen MR) is 110 cm³/mol. The van der Waals surface area contributed by atoms with E-state index >= 15 is 0 Å². The van der Waals surface area contributed by atoms with E-state index in [2.05, 4.69) is 0 Å². The van der Waals surface area contributed by atoms with Crippen LogP contribution in [0.25, 0.3) is 10.9 Å². The van der Waals surface area contributed by atoms with E-state index in [9.17, 15) is 19.1 Å². The molecule has 2 aromatic carbocycles. The van der Waals surface area contributed by atoms with Crippen LogP contribution < -0.4 is 4.90 Å². The minimum Gasteiger partial charge on any atom is -0.480 e. The number of aromatic nitrogens is 1. The Bertz CT molecular complexity index is 1070. The molecule has 0 radical (unpaired) electrons. The number of carboxylic acids is 1. The highest BCUT2D eigenvalue weighted by atomic mass is 19.1. The molecule has 1 heterocycles. The van der Waals surface area contributed by atoms with Crippen LogP contribution in [0.1, 0.15) is 24.6 Å². The molecule has 1 amide bonds. The summed E-state index contributed by atoms with van der Waals surface area (Å²) in [5, 5.41) is 10.0.